The molecule has 0 saturated carbocycles. The molecule has 0 heterocycles. The van der Waals surface area contributed by atoms with E-state index < -0.39 is 27.1 Å². The van der Waals surface area contributed by atoms with E-state index in [1.165, 1.54) is 0 Å². The molecule has 0 aromatic carbocycles. The molecule has 0 aliphatic heterocycles. The summed E-state index contributed by atoms with van der Waals surface area (Å²) in [5.74, 6) is -0.804. The molecule has 2 atom stereocenters. The molecule has 0 aromatic rings. The number of carbonyl (C=O) groups excluding carboxylic acids is 1. The largest absolute Gasteiger partial charge is 0.298 e. The lowest BCUT2D eigenvalue weighted by atomic mass is 10.0. The van der Waals surface area contributed by atoms with Gasteiger partial charge in [0.2, 0.25) is 0 Å². The van der Waals surface area contributed by atoms with Crippen molar-refractivity contribution in [2.75, 3.05) is 0 Å². The molecule has 0 aromatic heterocycles. The first kappa shape index (κ1) is 16.9. The van der Waals surface area contributed by atoms with Gasteiger partial charge < -0.3 is 0 Å². The van der Waals surface area contributed by atoms with Gasteiger partial charge in [-0.25, -0.2) is 0 Å². The Hall–Kier alpha value is -0.0700. The van der Waals surface area contributed by atoms with Crippen molar-refractivity contribution in [1.29, 1.82) is 0 Å². The SMILES string of the molecule is CC(C)SC(C)CC(C(=O)C(C)C)S(=O)(=O)O. The number of hydrogen-bond donors (Lipinski definition) is 1. The zero-order valence-electron chi connectivity index (χ0n) is 11.0. The Morgan fingerprint density at radius 2 is 1.65 bits per heavy atom. The van der Waals surface area contributed by atoms with Crippen LogP contribution < -0.4 is 0 Å². The lowest BCUT2D eigenvalue weighted by molar-refractivity contribution is -0.121. The summed E-state index contributed by atoms with van der Waals surface area (Å²) in [4.78, 5) is 11.8. The van der Waals surface area contributed by atoms with Gasteiger partial charge in [0, 0.05) is 11.2 Å². The first-order chi connectivity index (χ1) is 7.55. The summed E-state index contributed by atoms with van der Waals surface area (Å²) in [5, 5.41) is -0.908. The number of ketones is 1. The smallest absolute Gasteiger partial charge is 0.275 e. The summed E-state index contributed by atoms with van der Waals surface area (Å²) >= 11 is 1.60. The third-order valence-corrected chi connectivity index (χ3v) is 4.64. The Labute approximate surface area is 108 Å². The first-order valence-electron chi connectivity index (χ1n) is 5.71. The fourth-order valence-corrected chi connectivity index (χ4v) is 4.03. The minimum atomic E-state index is -4.30. The summed E-state index contributed by atoms with van der Waals surface area (Å²) in [7, 11) is -4.30. The van der Waals surface area contributed by atoms with E-state index in [1.807, 2.05) is 20.8 Å². The van der Waals surface area contributed by atoms with Crippen molar-refractivity contribution in [3.05, 3.63) is 0 Å². The Bertz CT molecular complexity index is 346. The van der Waals surface area contributed by atoms with Crippen molar-refractivity contribution in [3.63, 3.8) is 0 Å². The Morgan fingerprint density at radius 3 is 1.94 bits per heavy atom. The molecule has 0 aliphatic rings. The van der Waals surface area contributed by atoms with Crippen molar-refractivity contribution < 1.29 is 17.8 Å². The maximum Gasteiger partial charge on any atom is 0.275 e. The number of thioether (sulfide) groups is 1. The predicted octanol–water partition coefficient (Wildman–Crippen LogP) is 2.39. The molecule has 0 aliphatic carbocycles. The third-order valence-electron chi connectivity index (χ3n) is 2.30. The summed E-state index contributed by atoms with van der Waals surface area (Å²) in [5.41, 5.74) is 0. The van der Waals surface area contributed by atoms with Crippen LogP contribution in [0.1, 0.15) is 41.0 Å². The van der Waals surface area contributed by atoms with E-state index in [4.69, 9.17) is 4.55 Å². The zero-order chi connectivity index (χ0) is 13.8. The fraction of sp³-hybridized carbons (Fsp3) is 0.909. The second-order valence-corrected chi connectivity index (χ2v) is 8.41. The van der Waals surface area contributed by atoms with Gasteiger partial charge in [0.05, 0.1) is 0 Å². The van der Waals surface area contributed by atoms with Crippen LogP contribution in [0.15, 0.2) is 0 Å². The van der Waals surface area contributed by atoms with E-state index >= 15 is 0 Å². The van der Waals surface area contributed by atoms with E-state index in [9.17, 15) is 13.2 Å². The standard InChI is InChI=1S/C11H22O4S2/c1-7(2)11(12)10(17(13,14)15)6-9(5)16-8(3)4/h7-10H,6H2,1-5H3,(H,13,14,15). The number of carbonyl (C=O) groups is 1. The lowest BCUT2D eigenvalue weighted by Crippen LogP contribution is -2.35. The highest BCUT2D eigenvalue weighted by molar-refractivity contribution is 8.00. The molecule has 102 valence electrons. The average Bonchev–Trinajstić information content (AvgIpc) is 2.09. The monoisotopic (exact) mass is 282 g/mol. The quantitative estimate of drug-likeness (QED) is 0.726. The molecule has 4 nitrogen and oxygen atoms in total. The number of hydrogen-bond acceptors (Lipinski definition) is 4. The molecule has 0 bridgehead atoms. The minimum Gasteiger partial charge on any atom is -0.298 e. The second kappa shape index (κ2) is 6.75. The van der Waals surface area contributed by atoms with Crippen LogP contribution >= 0.6 is 11.8 Å². The van der Waals surface area contributed by atoms with Crippen LogP contribution in [-0.2, 0) is 14.9 Å². The average molecular weight is 282 g/mol. The highest BCUT2D eigenvalue weighted by Crippen LogP contribution is 2.24. The summed E-state index contributed by atoms with van der Waals surface area (Å²) in [6.07, 6.45) is 0.165. The Balaban J connectivity index is 4.80. The van der Waals surface area contributed by atoms with Gasteiger partial charge in [0.1, 0.15) is 5.25 Å². The van der Waals surface area contributed by atoms with Crippen molar-refractivity contribution in [1.82, 2.24) is 0 Å². The van der Waals surface area contributed by atoms with Crippen LogP contribution in [0.3, 0.4) is 0 Å². The molecule has 0 amide bonds. The third kappa shape index (κ3) is 6.43. The van der Waals surface area contributed by atoms with Crippen LogP contribution in [0.2, 0.25) is 0 Å². The van der Waals surface area contributed by atoms with Crippen molar-refractivity contribution in [3.8, 4) is 0 Å². The van der Waals surface area contributed by atoms with Gasteiger partial charge in [-0.3, -0.25) is 9.35 Å². The highest BCUT2D eigenvalue weighted by Gasteiger charge is 2.33. The maximum atomic E-state index is 11.8. The molecular formula is C11H22O4S2. The van der Waals surface area contributed by atoms with Gasteiger partial charge in [-0.05, 0) is 11.7 Å². The molecule has 2 unspecified atom stereocenters. The maximum absolute atomic E-state index is 11.8. The molecule has 0 saturated heterocycles. The lowest BCUT2D eigenvalue weighted by Gasteiger charge is -2.20. The van der Waals surface area contributed by atoms with Crippen molar-refractivity contribution in [2.45, 2.75) is 56.8 Å². The van der Waals surface area contributed by atoms with Gasteiger partial charge in [-0.2, -0.15) is 20.2 Å². The number of Topliss-reactive ketones (excluding diaryl/α,β-unsaturated/α-hetero) is 1. The minimum absolute atomic E-state index is 0.0182. The van der Waals surface area contributed by atoms with Crippen LogP contribution in [0.25, 0.3) is 0 Å². The van der Waals surface area contributed by atoms with Crippen LogP contribution in [0, 0.1) is 5.92 Å². The second-order valence-electron chi connectivity index (χ2n) is 4.79. The molecule has 17 heavy (non-hydrogen) atoms. The van der Waals surface area contributed by atoms with E-state index in [0.717, 1.165) is 0 Å². The van der Waals surface area contributed by atoms with Crippen LogP contribution in [-0.4, -0.2) is 34.5 Å². The van der Waals surface area contributed by atoms with Gasteiger partial charge in [0.25, 0.3) is 10.1 Å². The number of rotatable bonds is 7. The Morgan fingerprint density at radius 1 is 1.18 bits per heavy atom. The topological polar surface area (TPSA) is 71.4 Å². The summed E-state index contributed by atoms with van der Waals surface area (Å²) < 4.78 is 31.6. The fourth-order valence-electron chi connectivity index (χ4n) is 1.58. The molecule has 0 fully saturated rings. The van der Waals surface area contributed by atoms with E-state index in [1.54, 1.807) is 25.6 Å². The molecular weight excluding hydrogens is 260 g/mol. The normalized spacial score (nSPS) is 16.2. The van der Waals surface area contributed by atoms with Crippen molar-refractivity contribution in [2.24, 2.45) is 5.92 Å². The van der Waals surface area contributed by atoms with E-state index in [2.05, 4.69) is 0 Å². The molecule has 0 spiro atoms. The molecule has 0 rings (SSSR count). The van der Waals surface area contributed by atoms with E-state index in [-0.39, 0.29) is 11.7 Å². The van der Waals surface area contributed by atoms with Gasteiger partial charge in [-0.15, -0.1) is 0 Å². The molecule has 1 N–H and O–H groups in total. The first-order valence-corrected chi connectivity index (χ1v) is 8.15. The highest BCUT2D eigenvalue weighted by atomic mass is 32.2. The van der Waals surface area contributed by atoms with E-state index in [0.29, 0.717) is 5.25 Å². The molecule has 0 radical (unpaired) electrons. The zero-order valence-corrected chi connectivity index (χ0v) is 12.6. The van der Waals surface area contributed by atoms with Gasteiger partial charge >= 0.3 is 0 Å². The summed E-state index contributed by atoms with van der Waals surface area (Å²) in [6, 6.07) is 0. The Kier molecular flexibility index (Phi) is 6.73. The summed E-state index contributed by atoms with van der Waals surface area (Å²) in [6.45, 7) is 9.17. The van der Waals surface area contributed by atoms with Crippen molar-refractivity contribution >= 4 is 27.7 Å². The van der Waals surface area contributed by atoms with Crippen LogP contribution in [0.5, 0.6) is 0 Å². The van der Waals surface area contributed by atoms with Gasteiger partial charge in [-0.1, -0.05) is 34.6 Å². The van der Waals surface area contributed by atoms with Crippen LogP contribution in [0.4, 0.5) is 0 Å². The predicted molar refractivity (Wildman–Crippen MR) is 72.0 cm³/mol. The molecule has 6 heteroatoms. The van der Waals surface area contributed by atoms with Gasteiger partial charge in [0.15, 0.2) is 5.78 Å².